The molecule has 1 fully saturated rings. The van der Waals surface area contributed by atoms with Crippen LogP contribution in [0.2, 0.25) is 0 Å². The van der Waals surface area contributed by atoms with Crippen LogP contribution in [0, 0.1) is 0 Å². The molecule has 0 radical (unpaired) electrons. The van der Waals surface area contributed by atoms with Crippen molar-refractivity contribution in [3.8, 4) is 0 Å². The molecule has 3 heterocycles. The van der Waals surface area contributed by atoms with Crippen molar-refractivity contribution in [3.63, 3.8) is 0 Å². The van der Waals surface area contributed by atoms with Gasteiger partial charge in [0.15, 0.2) is 0 Å². The summed E-state index contributed by atoms with van der Waals surface area (Å²) in [5.41, 5.74) is 0. The van der Waals surface area contributed by atoms with Crippen molar-refractivity contribution in [2.24, 2.45) is 13.5 Å². The molecular formula is C5H10Cl2N3O4P3. The Morgan fingerprint density at radius 2 is 1.29 bits per heavy atom. The Balaban J connectivity index is 2.17. The highest BCUT2D eigenvalue weighted by atomic mass is 35.7. The van der Waals surface area contributed by atoms with Crippen LogP contribution in [0.1, 0.15) is 6.42 Å². The van der Waals surface area contributed by atoms with Gasteiger partial charge in [-0.1, -0.05) is 0 Å². The molecule has 0 N–H and O–H groups in total. The molecule has 0 aromatic carbocycles. The summed E-state index contributed by atoms with van der Waals surface area (Å²) in [5.74, 6) is 0. The molecule has 1 spiro atoms. The first-order valence-corrected chi connectivity index (χ1v) is 11.5. The minimum absolute atomic E-state index is 0.425. The normalized spacial score (nSPS) is 44.1. The van der Waals surface area contributed by atoms with Gasteiger partial charge >= 0.3 is 21.2 Å². The summed E-state index contributed by atoms with van der Waals surface area (Å²) >= 11 is 12.5. The van der Waals surface area contributed by atoms with E-state index < -0.39 is 21.2 Å². The molecule has 2 unspecified atom stereocenters. The maximum atomic E-state index is 6.27. The fourth-order valence-corrected chi connectivity index (χ4v) is 13.1. The Labute approximate surface area is 108 Å². The van der Waals surface area contributed by atoms with E-state index in [4.69, 9.17) is 40.6 Å². The van der Waals surface area contributed by atoms with Crippen LogP contribution in [0.3, 0.4) is 0 Å². The second-order valence-corrected chi connectivity index (χ2v) is 12.1. The molecular weight excluding hydrogens is 330 g/mol. The molecule has 0 amide bonds. The fraction of sp³-hybridized carbons (Fsp3) is 1.00. The Bertz CT molecular complexity index is 487. The van der Waals surface area contributed by atoms with E-state index in [1.165, 1.54) is 0 Å². The summed E-state index contributed by atoms with van der Waals surface area (Å²) in [4.78, 5) is 0. The molecule has 0 aliphatic carbocycles. The van der Waals surface area contributed by atoms with Crippen LogP contribution in [0.4, 0.5) is 0 Å². The number of fused-ring (bicyclic) bond motifs is 1. The maximum Gasteiger partial charge on any atom is 0.347 e. The standard InChI is InChI=1S/C5H10Cl2N3O4P3/c6-15-8-16(7,12-3-1-2-11-15)10-17(9-15)13-4-5-14-17/h1-5H2. The van der Waals surface area contributed by atoms with Crippen LogP contribution in [-0.2, 0) is 18.1 Å². The molecule has 1 saturated heterocycles. The zero-order valence-electron chi connectivity index (χ0n) is 8.61. The average Bonchev–Trinajstić information content (AvgIpc) is 2.61. The van der Waals surface area contributed by atoms with Gasteiger partial charge in [0.25, 0.3) is 0 Å². The molecule has 17 heavy (non-hydrogen) atoms. The Morgan fingerprint density at radius 3 is 1.94 bits per heavy atom. The molecule has 12 heteroatoms. The summed E-state index contributed by atoms with van der Waals surface area (Å²) in [7, 11) is -2.76. The van der Waals surface area contributed by atoms with Crippen molar-refractivity contribution in [3.05, 3.63) is 0 Å². The number of nitrogens with zero attached hydrogens (tertiary/aromatic N) is 3. The van der Waals surface area contributed by atoms with E-state index in [2.05, 4.69) is 13.5 Å². The van der Waals surface area contributed by atoms with Gasteiger partial charge in [0.05, 0.1) is 26.4 Å². The van der Waals surface area contributed by atoms with E-state index in [-0.39, 0.29) is 0 Å². The lowest BCUT2D eigenvalue weighted by atomic mass is 10.5. The summed E-state index contributed by atoms with van der Waals surface area (Å²) in [6.07, 6.45) is 0.691. The molecule has 0 aromatic heterocycles. The van der Waals surface area contributed by atoms with E-state index >= 15 is 0 Å². The predicted octanol–water partition coefficient (Wildman–Crippen LogP) is 4.80. The van der Waals surface area contributed by atoms with E-state index in [9.17, 15) is 0 Å². The van der Waals surface area contributed by atoms with Crippen molar-refractivity contribution in [2.45, 2.75) is 6.42 Å². The highest BCUT2D eigenvalue weighted by Crippen LogP contribution is 2.84. The molecule has 2 atom stereocenters. The third kappa shape index (κ3) is 2.69. The first-order valence-electron chi connectivity index (χ1n) is 4.92. The van der Waals surface area contributed by atoms with Gasteiger partial charge in [-0.2, -0.15) is 13.5 Å². The van der Waals surface area contributed by atoms with Gasteiger partial charge < -0.3 is 18.1 Å². The Kier molecular flexibility index (Phi) is 3.54. The second-order valence-electron chi connectivity index (χ2n) is 3.39. The highest BCUT2D eigenvalue weighted by molar-refractivity contribution is 8.00. The van der Waals surface area contributed by atoms with Crippen LogP contribution in [0.15, 0.2) is 13.5 Å². The van der Waals surface area contributed by atoms with E-state index in [1.54, 1.807) is 0 Å². The minimum atomic E-state index is -2.84. The van der Waals surface area contributed by atoms with Gasteiger partial charge in [-0.05, 0) is 28.9 Å². The first-order chi connectivity index (χ1) is 8.04. The van der Waals surface area contributed by atoms with Crippen LogP contribution in [-0.4, -0.2) is 26.4 Å². The maximum absolute atomic E-state index is 6.27. The molecule has 7 nitrogen and oxygen atoms in total. The lowest BCUT2D eigenvalue weighted by Crippen LogP contribution is -2.01. The van der Waals surface area contributed by atoms with Gasteiger partial charge in [0.2, 0.25) is 0 Å². The Hall–Kier alpha value is 1.11. The molecule has 3 aliphatic heterocycles. The zero-order chi connectivity index (χ0) is 12.0. The van der Waals surface area contributed by atoms with Gasteiger partial charge in [0, 0.05) is 0 Å². The predicted molar refractivity (Wildman–Crippen MR) is 68.2 cm³/mol. The van der Waals surface area contributed by atoms with Gasteiger partial charge in [-0.25, -0.2) is 0 Å². The van der Waals surface area contributed by atoms with Crippen molar-refractivity contribution < 1.29 is 18.1 Å². The summed E-state index contributed by atoms with van der Waals surface area (Å²) < 4.78 is 34.6. The third-order valence-corrected chi connectivity index (χ3v) is 12.5. The average molecular weight is 340 g/mol. The van der Waals surface area contributed by atoms with E-state index in [0.717, 1.165) is 0 Å². The van der Waals surface area contributed by atoms with E-state index in [0.29, 0.717) is 32.8 Å². The van der Waals surface area contributed by atoms with E-state index in [1.807, 2.05) is 0 Å². The number of halogens is 2. The highest BCUT2D eigenvalue weighted by Gasteiger charge is 2.41. The summed E-state index contributed by atoms with van der Waals surface area (Å²) in [6, 6.07) is 0. The fourth-order valence-electron chi connectivity index (χ4n) is 1.45. The van der Waals surface area contributed by atoms with Crippen LogP contribution < -0.4 is 0 Å². The summed E-state index contributed by atoms with van der Waals surface area (Å²) in [6.45, 7) is -3.98. The van der Waals surface area contributed by atoms with Crippen LogP contribution >= 0.6 is 43.7 Å². The van der Waals surface area contributed by atoms with Crippen molar-refractivity contribution >= 4 is 43.7 Å². The number of hydrogen-bond donors (Lipinski definition) is 0. The number of rotatable bonds is 0. The van der Waals surface area contributed by atoms with Gasteiger partial charge in [-0.15, -0.1) is 0 Å². The largest absolute Gasteiger partial charge is 0.347 e. The topological polar surface area (TPSA) is 74.0 Å². The van der Waals surface area contributed by atoms with Crippen LogP contribution in [0.25, 0.3) is 0 Å². The quantitative estimate of drug-likeness (QED) is 0.594. The van der Waals surface area contributed by atoms with Gasteiger partial charge in [-0.3, -0.25) is 0 Å². The summed E-state index contributed by atoms with van der Waals surface area (Å²) in [5, 5.41) is 0. The molecule has 2 bridgehead atoms. The van der Waals surface area contributed by atoms with Crippen molar-refractivity contribution in [2.75, 3.05) is 26.4 Å². The zero-order valence-corrected chi connectivity index (χ0v) is 12.8. The molecule has 98 valence electrons. The lowest BCUT2D eigenvalue weighted by molar-refractivity contribution is 0.270. The van der Waals surface area contributed by atoms with Crippen molar-refractivity contribution in [1.82, 2.24) is 0 Å². The Morgan fingerprint density at radius 1 is 0.706 bits per heavy atom. The molecule has 0 aromatic rings. The molecule has 0 saturated carbocycles. The smallest absolute Gasteiger partial charge is 0.316 e. The van der Waals surface area contributed by atoms with Crippen LogP contribution in [0.5, 0.6) is 0 Å². The second kappa shape index (κ2) is 4.59. The monoisotopic (exact) mass is 339 g/mol. The number of hydrogen-bond acceptors (Lipinski definition) is 7. The lowest BCUT2D eigenvalue weighted by Gasteiger charge is -2.27. The third-order valence-electron chi connectivity index (χ3n) is 2.07. The molecule has 3 aliphatic rings. The van der Waals surface area contributed by atoms with Crippen molar-refractivity contribution in [1.29, 1.82) is 0 Å². The van der Waals surface area contributed by atoms with Gasteiger partial charge in [0.1, 0.15) is 0 Å². The minimum Gasteiger partial charge on any atom is -0.316 e. The molecule has 3 rings (SSSR count). The first kappa shape index (κ1) is 13.1. The SMILES string of the molecule is ClP12=NP(Cl)(=NP3(=N1)OCCO3)OCCCO2.